The zero-order valence-corrected chi connectivity index (χ0v) is 22.6. The van der Waals surface area contributed by atoms with Crippen molar-refractivity contribution in [1.82, 2.24) is 14.4 Å². The SMILES string of the molecule is CCCCCCc1ccc(C(=O)N(CCOC)CC(=O)N(Cc2ccccc2)Cc2cccn2C)cc1. The van der Waals surface area contributed by atoms with Crippen LogP contribution >= 0.6 is 0 Å². The molecule has 0 saturated heterocycles. The van der Waals surface area contributed by atoms with Crippen LogP contribution in [0.25, 0.3) is 0 Å². The second kappa shape index (κ2) is 15.0. The minimum absolute atomic E-state index is 0.00177. The fourth-order valence-electron chi connectivity index (χ4n) is 4.36. The number of carbonyl (C=O) groups excluding carboxylic acids is 2. The van der Waals surface area contributed by atoms with Gasteiger partial charge in [0, 0.05) is 44.7 Å². The van der Waals surface area contributed by atoms with E-state index < -0.39 is 0 Å². The van der Waals surface area contributed by atoms with E-state index in [1.54, 1.807) is 12.0 Å². The highest BCUT2D eigenvalue weighted by molar-refractivity contribution is 5.96. The fraction of sp³-hybridized carbons (Fsp3) is 0.419. The van der Waals surface area contributed by atoms with Crippen molar-refractivity contribution in [3.05, 3.63) is 95.3 Å². The second-order valence-corrected chi connectivity index (χ2v) is 9.57. The van der Waals surface area contributed by atoms with Gasteiger partial charge in [0.25, 0.3) is 5.91 Å². The molecule has 3 rings (SSSR count). The Bertz CT molecular complexity index is 1090. The second-order valence-electron chi connectivity index (χ2n) is 9.57. The topological polar surface area (TPSA) is 54.8 Å². The molecule has 2 aromatic carbocycles. The largest absolute Gasteiger partial charge is 0.383 e. The summed E-state index contributed by atoms with van der Waals surface area (Å²) in [5.74, 6) is -0.247. The van der Waals surface area contributed by atoms with E-state index in [0.717, 1.165) is 24.1 Å². The van der Waals surface area contributed by atoms with Gasteiger partial charge in [-0.3, -0.25) is 9.59 Å². The van der Waals surface area contributed by atoms with Crippen LogP contribution in [0, 0.1) is 0 Å². The van der Waals surface area contributed by atoms with E-state index in [9.17, 15) is 9.59 Å². The first-order valence-corrected chi connectivity index (χ1v) is 13.3. The molecule has 0 N–H and O–H groups in total. The number of aromatic nitrogens is 1. The van der Waals surface area contributed by atoms with Crippen molar-refractivity contribution in [2.24, 2.45) is 7.05 Å². The number of aryl methyl sites for hydroxylation is 2. The molecule has 0 bridgehead atoms. The summed E-state index contributed by atoms with van der Waals surface area (Å²) < 4.78 is 7.27. The molecule has 0 aliphatic heterocycles. The monoisotopic (exact) mass is 503 g/mol. The van der Waals surface area contributed by atoms with Crippen LogP contribution in [0.5, 0.6) is 0 Å². The lowest BCUT2D eigenvalue weighted by Gasteiger charge is -2.28. The highest BCUT2D eigenvalue weighted by atomic mass is 16.5. The summed E-state index contributed by atoms with van der Waals surface area (Å²) in [6.45, 7) is 3.87. The molecule has 0 aliphatic carbocycles. The van der Waals surface area contributed by atoms with E-state index in [2.05, 4.69) is 6.92 Å². The first-order valence-electron chi connectivity index (χ1n) is 13.3. The van der Waals surface area contributed by atoms with E-state index >= 15 is 0 Å². The Kier molecular flexibility index (Phi) is 11.4. The highest BCUT2D eigenvalue weighted by Crippen LogP contribution is 2.14. The molecule has 3 aromatic rings. The molecule has 37 heavy (non-hydrogen) atoms. The van der Waals surface area contributed by atoms with Gasteiger partial charge in [-0.25, -0.2) is 0 Å². The van der Waals surface area contributed by atoms with E-state index in [0.29, 0.717) is 31.8 Å². The average Bonchev–Trinajstić information content (AvgIpc) is 3.33. The fourth-order valence-corrected chi connectivity index (χ4v) is 4.36. The van der Waals surface area contributed by atoms with Crippen molar-refractivity contribution in [3.63, 3.8) is 0 Å². The number of methoxy groups -OCH3 is 1. The summed E-state index contributed by atoms with van der Waals surface area (Å²) in [5, 5.41) is 0. The number of nitrogens with zero attached hydrogens (tertiary/aromatic N) is 3. The Labute approximate surface area is 221 Å². The number of ether oxygens (including phenoxy) is 1. The van der Waals surface area contributed by atoms with Crippen LogP contribution in [-0.2, 0) is 36.1 Å². The molecule has 2 amide bonds. The molecular formula is C31H41N3O3. The number of hydrogen-bond acceptors (Lipinski definition) is 3. The van der Waals surface area contributed by atoms with Crippen LogP contribution < -0.4 is 0 Å². The third-order valence-electron chi connectivity index (χ3n) is 6.67. The van der Waals surface area contributed by atoms with Crippen molar-refractivity contribution >= 4 is 11.8 Å². The maximum atomic E-state index is 13.6. The Morgan fingerprint density at radius 1 is 0.838 bits per heavy atom. The Morgan fingerprint density at radius 2 is 1.59 bits per heavy atom. The van der Waals surface area contributed by atoms with Crippen molar-refractivity contribution in [2.75, 3.05) is 26.8 Å². The normalized spacial score (nSPS) is 10.9. The van der Waals surface area contributed by atoms with E-state index in [1.807, 2.05) is 89.4 Å². The summed E-state index contributed by atoms with van der Waals surface area (Å²) in [6.07, 6.45) is 7.86. The zero-order chi connectivity index (χ0) is 26.5. The summed E-state index contributed by atoms with van der Waals surface area (Å²) in [5.41, 5.74) is 3.92. The summed E-state index contributed by atoms with van der Waals surface area (Å²) in [7, 11) is 3.58. The van der Waals surface area contributed by atoms with Gasteiger partial charge in [-0.15, -0.1) is 0 Å². The van der Waals surface area contributed by atoms with Crippen molar-refractivity contribution < 1.29 is 14.3 Å². The molecule has 0 fully saturated rings. The van der Waals surface area contributed by atoms with Gasteiger partial charge in [0.1, 0.15) is 6.54 Å². The Morgan fingerprint density at radius 3 is 2.24 bits per heavy atom. The van der Waals surface area contributed by atoms with Gasteiger partial charge >= 0.3 is 0 Å². The van der Waals surface area contributed by atoms with E-state index in [-0.39, 0.29) is 18.4 Å². The van der Waals surface area contributed by atoms with Crippen molar-refractivity contribution in [2.45, 2.75) is 52.1 Å². The zero-order valence-electron chi connectivity index (χ0n) is 22.6. The molecule has 0 spiro atoms. The van der Waals surface area contributed by atoms with Crippen LogP contribution in [0.1, 0.15) is 59.8 Å². The lowest BCUT2D eigenvalue weighted by atomic mass is 10.0. The van der Waals surface area contributed by atoms with Gasteiger partial charge in [-0.05, 0) is 48.2 Å². The van der Waals surface area contributed by atoms with Gasteiger partial charge < -0.3 is 19.1 Å². The lowest BCUT2D eigenvalue weighted by molar-refractivity contribution is -0.133. The quantitative estimate of drug-likeness (QED) is 0.259. The van der Waals surface area contributed by atoms with Crippen molar-refractivity contribution in [3.8, 4) is 0 Å². The maximum Gasteiger partial charge on any atom is 0.254 e. The molecule has 1 aromatic heterocycles. The van der Waals surface area contributed by atoms with Gasteiger partial charge in [-0.2, -0.15) is 0 Å². The standard InChI is InChI=1S/C31H41N3O3/c1-4-5-6-8-12-26-16-18-28(19-17-26)31(36)33(21-22-37-3)25-30(35)34(23-27-13-9-7-10-14-27)24-29-15-11-20-32(29)2/h7,9-11,13-20H,4-6,8,12,21-25H2,1-3H3. The predicted molar refractivity (Wildman–Crippen MR) is 148 cm³/mol. The van der Waals surface area contributed by atoms with E-state index in [4.69, 9.17) is 4.74 Å². The maximum absolute atomic E-state index is 13.6. The third-order valence-corrected chi connectivity index (χ3v) is 6.67. The first-order chi connectivity index (χ1) is 18.0. The van der Waals surface area contributed by atoms with Gasteiger partial charge in [-0.1, -0.05) is 68.7 Å². The number of amides is 2. The van der Waals surface area contributed by atoms with Crippen LogP contribution in [0.3, 0.4) is 0 Å². The molecule has 6 nitrogen and oxygen atoms in total. The summed E-state index contributed by atoms with van der Waals surface area (Å²) in [6, 6.07) is 21.8. The number of carbonyl (C=O) groups is 2. The van der Waals surface area contributed by atoms with Gasteiger partial charge in [0.15, 0.2) is 0 Å². The molecule has 6 heteroatoms. The van der Waals surface area contributed by atoms with Crippen LogP contribution in [-0.4, -0.2) is 53.0 Å². The van der Waals surface area contributed by atoms with Gasteiger partial charge in [0.05, 0.1) is 13.2 Å². The van der Waals surface area contributed by atoms with Crippen LogP contribution in [0.4, 0.5) is 0 Å². The Balaban J connectivity index is 1.72. The van der Waals surface area contributed by atoms with Crippen molar-refractivity contribution in [1.29, 1.82) is 0 Å². The Hall–Kier alpha value is -3.38. The predicted octanol–water partition coefficient (Wildman–Crippen LogP) is 5.47. The molecule has 0 radical (unpaired) electrons. The third kappa shape index (κ3) is 8.90. The molecule has 0 aliphatic rings. The number of hydrogen-bond donors (Lipinski definition) is 0. The van der Waals surface area contributed by atoms with E-state index in [1.165, 1.54) is 24.8 Å². The summed E-state index contributed by atoms with van der Waals surface area (Å²) >= 11 is 0. The number of benzene rings is 2. The minimum atomic E-state index is -0.151. The highest BCUT2D eigenvalue weighted by Gasteiger charge is 2.23. The number of unbranched alkanes of at least 4 members (excludes halogenated alkanes) is 3. The molecule has 0 saturated carbocycles. The molecule has 0 atom stereocenters. The van der Waals surface area contributed by atoms with Crippen LogP contribution in [0.15, 0.2) is 72.9 Å². The molecule has 198 valence electrons. The van der Waals surface area contributed by atoms with Gasteiger partial charge in [0.2, 0.25) is 5.91 Å². The molecular weight excluding hydrogens is 462 g/mol. The lowest BCUT2D eigenvalue weighted by Crippen LogP contribution is -2.44. The first kappa shape index (κ1) is 28.2. The van der Waals surface area contributed by atoms with Crippen LogP contribution in [0.2, 0.25) is 0 Å². The number of rotatable bonds is 15. The average molecular weight is 504 g/mol. The molecule has 0 unspecified atom stereocenters. The smallest absolute Gasteiger partial charge is 0.254 e. The summed E-state index contributed by atoms with van der Waals surface area (Å²) in [4.78, 5) is 30.5. The minimum Gasteiger partial charge on any atom is -0.383 e. The molecule has 1 heterocycles.